The summed E-state index contributed by atoms with van der Waals surface area (Å²) in [6.45, 7) is 2.11. The lowest BCUT2D eigenvalue weighted by Crippen LogP contribution is -2.28. The third-order valence-corrected chi connectivity index (χ3v) is 3.83. The molecule has 0 bridgehead atoms. The van der Waals surface area contributed by atoms with Gasteiger partial charge in [0.25, 0.3) is 0 Å². The van der Waals surface area contributed by atoms with Gasteiger partial charge in [-0.05, 0) is 50.0 Å². The molecule has 2 heterocycles. The molecule has 0 spiro atoms. The fourth-order valence-corrected chi connectivity index (χ4v) is 2.60. The van der Waals surface area contributed by atoms with Crippen molar-refractivity contribution in [2.45, 2.75) is 19.3 Å². The Morgan fingerprint density at radius 2 is 2.19 bits per heavy atom. The summed E-state index contributed by atoms with van der Waals surface area (Å²) in [5.41, 5.74) is 0.768. The van der Waals surface area contributed by atoms with E-state index in [-0.39, 0.29) is 5.75 Å². The maximum atomic E-state index is 9.61. The van der Waals surface area contributed by atoms with E-state index in [1.165, 1.54) is 7.11 Å². The van der Waals surface area contributed by atoms with Crippen LogP contribution >= 0.6 is 0 Å². The van der Waals surface area contributed by atoms with E-state index in [0.29, 0.717) is 23.4 Å². The first-order valence-electron chi connectivity index (χ1n) is 7.17. The van der Waals surface area contributed by atoms with Gasteiger partial charge in [-0.15, -0.1) is 0 Å². The molecule has 1 aliphatic heterocycles. The highest BCUT2D eigenvalue weighted by molar-refractivity contribution is 5.60. The Morgan fingerprint density at radius 1 is 1.38 bits per heavy atom. The molecule has 1 saturated heterocycles. The zero-order chi connectivity index (χ0) is 14.7. The van der Waals surface area contributed by atoms with Crippen molar-refractivity contribution in [3.8, 4) is 22.9 Å². The van der Waals surface area contributed by atoms with Gasteiger partial charge in [-0.2, -0.15) is 4.98 Å². The van der Waals surface area contributed by atoms with Crippen molar-refractivity contribution in [3.63, 3.8) is 0 Å². The summed E-state index contributed by atoms with van der Waals surface area (Å²) >= 11 is 0. The number of benzene rings is 1. The molecule has 0 amide bonds. The molecule has 2 aromatic rings. The Labute approximate surface area is 123 Å². The van der Waals surface area contributed by atoms with Crippen LogP contribution in [0.15, 0.2) is 22.7 Å². The minimum Gasteiger partial charge on any atom is -0.504 e. The van der Waals surface area contributed by atoms with Gasteiger partial charge in [-0.1, -0.05) is 5.16 Å². The maximum Gasteiger partial charge on any atom is 0.227 e. The Kier molecular flexibility index (Phi) is 4.06. The van der Waals surface area contributed by atoms with E-state index >= 15 is 0 Å². The zero-order valence-electron chi connectivity index (χ0n) is 12.0. The van der Waals surface area contributed by atoms with Crippen molar-refractivity contribution in [2.24, 2.45) is 5.92 Å². The summed E-state index contributed by atoms with van der Waals surface area (Å²) < 4.78 is 10.4. The maximum absolute atomic E-state index is 9.61. The monoisotopic (exact) mass is 289 g/mol. The SMILES string of the molecule is COc1cc(-c2noc(CC3CCNCC3)n2)ccc1O. The van der Waals surface area contributed by atoms with Crippen LogP contribution in [-0.4, -0.2) is 35.4 Å². The molecule has 112 valence electrons. The van der Waals surface area contributed by atoms with Crippen molar-refractivity contribution in [3.05, 3.63) is 24.1 Å². The highest BCUT2D eigenvalue weighted by Gasteiger charge is 2.18. The van der Waals surface area contributed by atoms with Crippen LogP contribution in [0.2, 0.25) is 0 Å². The predicted molar refractivity (Wildman–Crippen MR) is 77.2 cm³/mol. The minimum absolute atomic E-state index is 0.0969. The Bertz CT molecular complexity index is 606. The normalized spacial score (nSPS) is 16.0. The largest absolute Gasteiger partial charge is 0.504 e. The summed E-state index contributed by atoms with van der Waals surface area (Å²) in [6, 6.07) is 5.02. The van der Waals surface area contributed by atoms with E-state index in [2.05, 4.69) is 15.5 Å². The van der Waals surface area contributed by atoms with Gasteiger partial charge in [0, 0.05) is 12.0 Å². The molecule has 0 radical (unpaired) electrons. The quantitative estimate of drug-likeness (QED) is 0.896. The van der Waals surface area contributed by atoms with Crippen LogP contribution in [-0.2, 0) is 6.42 Å². The van der Waals surface area contributed by atoms with E-state index in [0.717, 1.165) is 37.9 Å². The molecule has 1 fully saturated rings. The van der Waals surface area contributed by atoms with Gasteiger partial charge < -0.3 is 19.7 Å². The molecule has 6 heteroatoms. The van der Waals surface area contributed by atoms with E-state index in [1.807, 2.05) is 0 Å². The van der Waals surface area contributed by atoms with Crippen LogP contribution < -0.4 is 10.1 Å². The summed E-state index contributed by atoms with van der Waals surface area (Å²) in [5, 5.41) is 17.0. The first-order valence-corrected chi connectivity index (χ1v) is 7.17. The number of rotatable bonds is 4. The minimum atomic E-state index is 0.0969. The average Bonchev–Trinajstić information content (AvgIpc) is 2.97. The van der Waals surface area contributed by atoms with Crippen LogP contribution in [0.25, 0.3) is 11.4 Å². The molecule has 1 aliphatic rings. The number of nitrogens with zero attached hydrogens (tertiary/aromatic N) is 2. The summed E-state index contributed by atoms with van der Waals surface area (Å²) in [4.78, 5) is 4.44. The highest BCUT2D eigenvalue weighted by atomic mass is 16.5. The number of aromatic hydroxyl groups is 1. The number of nitrogens with one attached hydrogen (secondary N) is 1. The number of ether oxygens (including phenoxy) is 1. The lowest BCUT2D eigenvalue weighted by Gasteiger charge is -2.20. The zero-order valence-corrected chi connectivity index (χ0v) is 12.0. The van der Waals surface area contributed by atoms with Crippen LogP contribution in [0.4, 0.5) is 0 Å². The van der Waals surface area contributed by atoms with Crippen molar-refractivity contribution in [1.29, 1.82) is 0 Å². The fourth-order valence-electron chi connectivity index (χ4n) is 2.60. The molecule has 3 rings (SSSR count). The molecule has 1 aromatic heterocycles. The average molecular weight is 289 g/mol. The molecule has 6 nitrogen and oxygen atoms in total. The first kappa shape index (κ1) is 13.9. The number of methoxy groups -OCH3 is 1. The Morgan fingerprint density at radius 3 is 2.95 bits per heavy atom. The molecular formula is C15H19N3O3. The van der Waals surface area contributed by atoms with Gasteiger partial charge in [0.1, 0.15) is 0 Å². The summed E-state index contributed by atoms with van der Waals surface area (Å²) in [7, 11) is 1.51. The number of aromatic nitrogens is 2. The second-order valence-electron chi connectivity index (χ2n) is 5.30. The van der Waals surface area contributed by atoms with Crippen molar-refractivity contribution >= 4 is 0 Å². The second kappa shape index (κ2) is 6.13. The number of hydrogen-bond donors (Lipinski definition) is 2. The Balaban J connectivity index is 1.74. The van der Waals surface area contributed by atoms with Crippen molar-refractivity contribution < 1.29 is 14.4 Å². The topological polar surface area (TPSA) is 80.4 Å². The van der Waals surface area contributed by atoms with E-state index in [1.54, 1.807) is 18.2 Å². The van der Waals surface area contributed by atoms with Crippen LogP contribution in [0.5, 0.6) is 11.5 Å². The first-order chi connectivity index (χ1) is 10.3. The lowest BCUT2D eigenvalue weighted by atomic mass is 9.95. The van der Waals surface area contributed by atoms with Crippen LogP contribution in [0, 0.1) is 5.92 Å². The summed E-state index contributed by atoms with van der Waals surface area (Å²) in [6.07, 6.45) is 3.11. The number of phenols is 1. The number of phenolic OH excluding ortho intramolecular Hbond substituents is 1. The van der Waals surface area contributed by atoms with Crippen molar-refractivity contribution in [1.82, 2.24) is 15.5 Å². The second-order valence-corrected chi connectivity index (χ2v) is 5.30. The third-order valence-electron chi connectivity index (χ3n) is 3.83. The fraction of sp³-hybridized carbons (Fsp3) is 0.467. The van der Waals surface area contributed by atoms with Gasteiger partial charge in [0.15, 0.2) is 11.5 Å². The summed E-state index contributed by atoms with van der Waals surface area (Å²) in [5.74, 6) is 2.30. The molecule has 2 N–H and O–H groups in total. The molecule has 0 unspecified atom stereocenters. The molecule has 0 aliphatic carbocycles. The van der Waals surface area contributed by atoms with Crippen LogP contribution in [0.1, 0.15) is 18.7 Å². The van der Waals surface area contributed by atoms with E-state index in [4.69, 9.17) is 9.26 Å². The Hall–Kier alpha value is -2.08. The van der Waals surface area contributed by atoms with Crippen LogP contribution in [0.3, 0.4) is 0 Å². The smallest absolute Gasteiger partial charge is 0.227 e. The molecule has 0 atom stereocenters. The number of piperidine rings is 1. The van der Waals surface area contributed by atoms with Gasteiger partial charge in [0.2, 0.25) is 11.7 Å². The van der Waals surface area contributed by atoms with E-state index < -0.39 is 0 Å². The van der Waals surface area contributed by atoms with E-state index in [9.17, 15) is 5.11 Å². The van der Waals surface area contributed by atoms with Gasteiger partial charge in [-0.3, -0.25) is 0 Å². The molecular weight excluding hydrogens is 270 g/mol. The molecule has 1 aromatic carbocycles. The third kappa shape index (κ3) is 3.16. The number of hydrogen-bond acceptors (Lipinski definition) is 6. The van der Waals surface area contributed by atoms with Gasteiger partial charge >= 0.3 is 0 Å². The van der Waals surface area contributed by atoms with Gasteiger partial charge in [-0.25, -0.2) is 0 Å². The molecule has 0 saturated carbocycles. The standard InChI is InChI=1S/C15H19N3O3/c1-20-13-9-11(2-3-12(13)19)15-17-14(21-18-15)8-10-4-6-16-7-5-10/h2-3,9-10,16,19H,4-8H2,1H3. The predicted octanol–water partition coefficient (Wildman–Crippen LogP) is 1.99. The van der Waals surface area contributed by atoms with Gasteiger partial charge in [0.05, 0.1) is 7.11 Å². The van der Waals surface area contributed by atoms with Crippen molar-refractivity contribution in [2.75, 3.05) is 20.2 Å². The lowest BCUT2D eigenvalue weighted by molar-refractivity contribution is 0.313. The molecule has 21 heavy (non-hydrogen) atoms. The highest BCUT2D eigenvalue weighted by Crippen LogP contribution is 2.30.